The summed E-state index contributed by atoms with van der Waals surface area (Å²) in [6.45, 7) is 2.77. The Bertz CT molecular complexity index is 864. The number of hydrogen-bond donors (Lipinski definition) is 1. The molecular weight excluding hydrogens is 366 g/mol. The Morgan fingerprint density at radius 2 is 1.74 bits per heavy atom. The van der Waals surface area contributed by atoms with Gasteiger partial charge < -0.3 is 5.32 Å². The zero-order chi connectivity index (χ0) is 19.6. The molecule has 1 aromatic heterocycles. The van der Waals surface area contributed by atoms with E-state index in [9.17, 15) is 19.2 Å². The van der Waals surface area contributed by atoms with E-state index in [1.165, 1.54) is 11.3 Å². The van der Waals surface area contributed by atoms with Gasteiger partial charge in [-0.3, -0.25) is 19.3 Å². The Kier molecular flexibility index (Phi) is 5.36. The highest BCUT2D eigenvalue weighted by Gasteiger charge is 2.46. The lowest BCUT2D eigenvalue weighted by Gasteiger charge is -2.21. The molecule has 0 spiro atoms. The summed E-state index contributed by atoms with van der Waals surface area (Å²) in [7, 11) is 0. The normalized spacial score (nSPS) is 15.6. The van der Waals surface area contributed by atoms with E-state index < -0.39 is 42.4 Å². The minimum absolute atomic E-state index is 0.400. The first-order chi connectivity index (χ1) is 12.9. The molecule has 7 nitrogen and oxygen atoms in total. The highest BCUT2D eigenvalue weighted by molar-refractivity contribution is 7.10. The molecule has 0 unspecified atom stereocenters. The number of rotatable bonds is 6. The van der Waals surface area contributed by atoms with Crippen LogP contribution < -0.4 is 5.32 Å². The Hall–Kier alpha value is -3.00. The van der Waals surface area contributed by atoms with Gasteiger partial charge >= 0.3 is 17.8 Å². The van der Waals surface area contributed by atoms with Gasteiger partial charge in [0.05, 0.1) is 6.04 Å². The van der Waals surface area contributed by atoms with Crippen molar-refractivity contribution in [3.63, 3.8) is 0 Å². The van der Waals surface area contributed by atoms with E-state index in [-0.39, 0.29) is 0 Å². The van der Waals surface area contributed by atoms with Crippen LogP contribution in [-0.2, 0) is 14.4 Å². The van der Waals surface area contributed by atoms with Crippen molar-refractivity contribution in [1.82, 2.24) is 15.1 Å². The molecular formula is C19H19N3O4S. The number of nitrogens with one attached hydrogen (secondary N) is 1. The van der Waals surface area contributed by atoms with E-state index in [0.29, 0.717) is 4.90 Å². The summed E-state index contributed by atoms with van der Waals surface area (Å²) < 4.78 is 0. The molecule has 2 aromatic rings. The molecule has 1 aromatic carbocycles. The van der Waals surface area contributed by atoms with Crippen LogP contribution in [0.15, 0.2) is 47.8 Å². The van der Waals surface area contributed by atoms with Gasteiger partial charge in [-0.15, -0.1) is 11.3 Å². The Morgan fingerprint density at radius 3 is 2.30 bits per heavy atom. The molecule has 0 saturated carbocycles. The molecule has 8 heteroatoms. The van der Waals surface area contributed by atoms with Gasteiger partial charge in [-0.25, -0.2) is 9.69 Å². The summed E-state index contributed by atoms with van der Waals surface area (Å²) in [6.07, 6.45) is 0. The van der Waals surface area contributed by atoms with E-state index in [1.54, 1.807) is 13.8 Å². The van der Waals surface area contributed by atoms with Gasteiger partial charge in [0.1, 0.15) is 6.54 Å². The average Bonchev–Trinajstić information content (AvgIpc) is 3.24. The first-order valence-corrected chi connectivity index (χ1v) is 9.35. The predicted molar refractivity (Wildman–Crippen MR) is 99.8 cm³/mol. The SMILES string of the molecule is CC(C)N1C(=O)C(=O)N(CC(=O)N[C@@H](c2ccccc2)c2cccs2)C1=O. The fourth-order valence-corrected chi connectivity index (χ4v) is 3.69. The van der Waals surface area contributed by atoms with Gasteiger partial charge in [-0.2, -0.15) is 0 Å². The van der Waals surface area contributed by atoms with Crippen LogP contribution in [0.1, 0.15) is 30.3 Å². The molecule has 2 heterocycles. The van der Waals surface area contributed by atoms with Crippen LogP contribution in [0.5, 0.6) is 0 Å². The maximum atomic E-state index is 12.6. The molecule has 1 saturated heterocycles. The maximum absolute atomic E-state index is 12.6. The zero-order valence-electron chi connectivity index (χ0n) is 14.9. The third-order valence-corrected chi connectivity index (χ3v) is 5.11. The van der Waals surface area contributed by atoms with Crippen molar-refractivity contribution in [2.45, 2.75) is 25.9 Å². The Morgan fingerprint density at radius 1 is 1.04 bits per heavy atom. The van der Waals surface area contributed by atoms with E-state index in [1.807, 2.05) is 47.8 Å². The Labute approximate surface area is 160 Å². The van der Waals surface area contributed by atoms with E-state index >= 15 is 0 Å². The van der Waals surface area contributed by atoms with Gasteiger partial charge in [-0.1, -0.05) is 36.4 Å². The lowest BCUT2D eigenvalue weighted by atomic mass is 10.1. The van der Waals surface area contributed by atoms with E-state index in [0.717, 1.165) is 15.3 Å². The van der Waals surface area contributed by atoms with Gasteiger partial charge in [-0.05, 0) is 30.9 Å². The van der Waals surface area contributed by atoms with Crippen LogP contribution in [0.2, 0.25) is 0 Å². The monoisotopic (exact) mass is 385 g/mol. The smallest absolute Gasteiger partial charge is 0.334 e. The van der Waals surface area contributed by atoms with Crippen molar-refractivity contribution in [2.24, 2.45) is 0 Å². The highest BCUT2D eigenvalue weighted by atomic mass is 32.1. The van der Waals surface area contributed by atoms with Crippen molar-refractivity contribution < 1.29 is 19.2 Å². The van der Waals surface area contributed by atoms with Crippen LogP contribution in [0.25, 0.3) is 0 Å². The number of imide groups is 2. The minimum atomic E-state index is -0.976. The number of carbonyl (C=O) groups excluding carboxylic acids is 4. The van der Waals surface area contributed by atoms with Crippen molar-refractivity contribution >= 4 is 35.1 Å². The van der Waals surface area contributed by atoms with Gasteiger partial charge in [0.15, 0.2) is 0 Å². The first kappa shape index (κ1) is 18.8. The number of benzene rings is 1. The lowest BCUT2D eigenvalue weighted by Crippen LogP contribution is -2.43. The molecule has 1 aliphatic heterocycles. The number of nitrogens with zero attached hydrogens (tertiary/aromatic N) is 2. The second-order valence-corrected chi connectivity index (χ2v) is 7.35. The molecule has 0 aliphatic carbocycles. The van der Waals surface area contributed by atoms with Crippen LogP contribution in [-0.4, -0.2) is 46.1 Å². The molecule has 0 radical (unpaired) electrons. The van der Waals surface area contributed by atoms with Crippen molar-refractivity contribution in [3.05, 3.63) is 58.3 Å². The van der Waals surface area contributed by atoms with Gasteiger partial charge in [0.2, 0.25) is 5.91 Å². The molecule has 5 amide bonds. The number of thiophene rings is 1. The number of hydrogen-bond acceptors (Lipinski definition) is 5. The molecule has 140 valence electrons. The molecule has 27 heavy (non-hydrogen) atoms. The minimum Gasteiger partial charge on any atom is -0.343 e. The fourth-order valence-electron chi connectivity index (χ4n) is 2.89. The van der Waals surface area contributed by atoms with Gasteiger partial charge in [0, 0.05) is 10.9 Å². The van der Waals surface area contributed by atoms with Crippen LogP contribution in [0.4, 0.5) is 4.79 Å². The molecule has 1 N–H and O–H groups in total. The molecule has 3 rings (SSSR count). The fraction of sp³-hybridized carbons (Fsp3) is 0.263. The summed E-state index contributed by atoms with van der Waals surface area (Å²) >= 11 is 1.49. The molecule has 0 bridgehead atoms. The highest BCUT2D eigenvalue weighted by Crippen LogP contribution is 2.26. The number of carbonyl (C=O) groups is 4. The third-order valence-electron chi connectivity index (χ3n) is 4.17. The third kappa shape index (κ3) is 3.75. The standard InChI is InChI=1S/C19H19N3O4S/c1-12(2)22-18(25)17(24)21(19(22)26)11-15(23)20-16(14-9-6-10-27-14)13-7-4-3-5-8-13/h3-10,12,16H,11H2,1-2H3,(H,20,23)/t16-/m0/s1. The van der Waals surface area contributed by atoms with E-state index in [4.69, 9.17) is 0 Å². The summed E-state index contributed by atoms with van der Waals surface area (Å²) in [4.78, 5) is 51.4. The van der Waals surface area contributed by atoms with Crippen molar-refractivity contribution in [2.75, 3.05) is 6.54 Å². The maximum Gasteiger partial charge on any atom is 0.334 e. The lowest BCUT2D eigenvalue weighted by molar-refractivity contribution is -0.144. The summed E-state index contributed by atoms with van der Waals surface area (Å²) in [5.41, 5.74) is 0.882. The van der Waals surface area contributed by atoms with Crippen LogP contribution in [0.3, 0.4) is 0 Å². The zero-order valence-corrected chi connectivity index (χ0v) is 15.7. The van der Waals surface area contributed by atoms with Gasteiger partial charge in [0.25, 0.3) is 0 Å². The van der Waals surface area contributed by atoms with Crippen LogP contribution in [0, 0.1) is 0 Å². The summed E-state index contributed by atoms with van der Waals surface area (Å²) in [5.74, 6) is -2.39. The Balaban J connectivity index is 1.77. The second-order valence-electron chi connectivity index (χ2n) is 6.37. The molecule has 1 atom stereocenters. The van der Waals surface area contributed by atoms with Crippen molar-refractivity contribution in [3.8, 4) is 0 Å². The largest absolute Gasteiger partial charge is 0.343 e. The topological polar surface area (TPSA) is 86.8 Å². The molecule has 1 fully saturated rings. The first-order valence-electron chi connectivity index (χ1n) is 8.47. The predicted octanol–water partition coefficient (Wildman–Crippen LogP) is 2.15. The van der Waals surface area contributed by atoms with Crippen molar-refractivity contribution in [1.29, 1.82) is 0 Å². The quantitative estimate of drug-likeness (QED) is 0.610. The number of urea groups is 1. The number of amides is 5. The second kappa shape index (κ2) is 7.71. The van der Waals surface area contributed by atoms with E-state index in [2.05, 4.69) is 5.32 Å². The van der Waals surface area contributed by atoms with Crippen LogP contribution >= 0.6 is 11.3 Å². The molecule has 1 aliphatic rings. The summed E-state index contributed by atoms with van der Waals surface area (Å²) in [6, 6.07) is 11.6. The summed E-state index contributed by atoms with van der Waals surface area (Å²) in [5, 5.41) is 4.77. The average molecular weight is 385 g/mol.